The van der Waals surface area contributed by atoms with Crippen LogP contribution in [0.3, 0.4) is 0 Å². The Bertz CT molecular complexity index is 886. The number of sulfonamides is 1. The summed E-state index contributed by atoms with van der Waals surface area (Å²) in [6, 6.07) is 11.8. The second-order valence-electron chi connectivity index (χ2n) is 6.13. The number of ether oxygens (including phenoxy) is 2. The highest BCUT2D eigenvalue weighted by Gasteiger charge is 2.24. The number of methoxy groups -OCH3 is 2. The summed E-state index contributed by atoms with van der Waals surface area (Å²) in [5, 5.41) is 0.615. The Hall–Kier alpha value is -1.80. The molecule has 0 aliphatic heterocycles. The van der Waals surface area contributed by atoms with Gasteiger partial charge in [0.05, 0.1) is 19.1 Å². The second-order valence-corrected chi connectivity index (χ2v) is 8.30. The van der Waals surface area contributed by atoms with E-state index in [1.807, 2.05) is 38.1 Å². The molecule has 0 spiro atoms. The van der Waals surface area contributed by atoms with Crippen LogP contribution in [0, 0.1) is 0 Å². The van der Waals surface area contributed by atoms with Crippen molar-refractivity contribution in [2.45, 2.75) is 24.8 Å². The molecular weight excluding hydrogens is 400 g/mol. The zero-order chi connectivity index (χ0) is 20.7. The molecule has 0 saturated carbocycles. The van der Waals surface area contributed by atoms with Gasteiger partial charge in [-0.3, -0.25) is 4.90 Å². The zero-order valence-electron chi connectivity index (χ0n) is 16.6. The minimum absolute atomic E-state index is 0.114. The molecule has 0 radical (unpaired) electrons. The molecule has 0 aliphatic carbocycles. The molecule has 8 heteroatoms. The number of nitrogens with one attached hydrogen (secondary N) is 1. The van der Waals surface area contributed by atoms with Gasteiger partial charge in [0.1, 0.15) is 0 Å². The number of benzene rings is 2. The number of likely N-dealkylation sites (N-methyl/N-ethyl adjacent to an activating group) is 1. The topological polar surface area (TPSA) is 67.9 Å². The maximum Gasteiger partial charge on any atom is 0.240 e. The maximum absolute atomic E-state index is 12.9. The van der Waals surface area contributed by atoms with Crippen molar-refractivity contribution in [3.05, 3.63) is 53.1 Å². The number of rotatable bonds is 10. The van der Waals surface area contributed by atoms with Gasteiger partial charge in [-0.25, -0.2) is 13.1 Å². The van der Waals surface area contributed by atoms with E-state index < -0.39 is 10.0 Å². The Morgan fingerprint density at radius 3 is 2.25 bits per heavy atom. The fourth-order valence-electron chi connectivity index (χ4n) is 3.10. The average molecular weight is 427 g/mol. The summed E-state index contributed by atoms with van der Waals surface area (Å²) < 4.78 is 38.8. The van der Waals surface area contributed by atoms with Crippen molar-refractivity contribution in [3.63, 3.8) is 0 Å². The Labute approximate surface area is 172 Å². The standard InChI is InChI=1S/C20H27ClN2O4S/c1-5-23(6-2)18(16-9-7-8-10-17(16)21)14-22-28(24,25)15-11-12-19(26-3)20(13-15)27-4/h7-13,18,22H,5-6,14H2,1-4H3. The molecule has 0 bridgehead atoms. The first kappa shape index (κ1) is 22.5. The van der Waals surface area contributed by atoms with E-state index in [9.17, 15) is 8.42 Å². The number of hydrogen-bond acceptors (Lipinski definition) is 5. The molecule has 154 valence electrons. The van der Waals surface area contributed by atoms with Crippen molar-refractivity contribution >= 4 is 21.6 Å². The Kier molecular flexibility index (Phi) is 8.12. The van der Waals surface area contributed by atoms with Crippen molar-refractivity contribution in [2.75, 3.05) is 33.9 Å². The molecule has 2 aromatic rings. The van der Waals surface area contributed by atoms with Crippen LogP contribution < -0.4 is 14.2 Å². The molecule has 0 aromatic heterocycles. The highest BCUT2D eigenvalue weighted by molar-refractivity contribution is 7.89. The SMILES string of the molecule is CCN(CC)C(CNS(=O)(=O)c1ccc(OC)c(OC)c1)c1ccccc1Cl. The predicted octanol–water partition coefficient (Wildman–Crippen LogP) is 3.72. The molecule has 0 aliphatic rings. The van der Waals surface area contributed by atoms with Crippen molar-refractivity contribution in [1.29, 1.82) is 0 Å². The third-order valence-electron chi connectivity index (χ3n) is 4.65. The van der Waals surface area contributed by atoms with Gasteiger partial charge in [-0.05, 0) is 36.9 Å². The lowest BCUT2D eigenvalue weighted by Crippen LogP contribution is -2.38. The van der Waals surface area contributed by atoms with Crippen LogP contribution >= 0.6 is 11.6 Å². The van der Waals surface area contributed by atoms with E-state index in [1.165, 1.54) is 26.4 Å². The maximum atomic E-state index is 12.9. The van der Waals surface area contributed by atoms with E-state index in [-0.39, 0.29) is 17.5 Å². The summed E-state index contributed by atoms with van der Waals surface area (Å²) in [4.78, 5) is 2.28. The van der Waals surface area contributed by atoms with Crippen molar-refractivity contribution in [2.24, 2.45) is 0 Å². The summed E-state index contributed by atoms with van der Waals surface area (Å²) in [5.41, 5.74) is 0.892. The number of halogens is 1. The second kappa shape index (κ2) is 10.1. The van der Waals surface area contributed by atoms with Crippen LogP contribution in [0.4, 0.5) is 0 Å². The van der Waals surface area contributed by atoms with E-state index >= 15 is 0 Å². The highest BCUT2D eigenvalue weighted by atomic mass is 35.5. The zero-order valence-corrected chi connectivity index (χ0v) is 18.2. The van der Waals surface area contributed by atoms with Gasteiger partial charge < -0.3 is 9.47 Å². The van der Waals surface area contributed by atoms with Crippen LogP contribution in [0.1, 0.15) is 25.5 Å². The molecule has 1 N–H and O–H groups in total. The molecule has 6 nitrogen and oxygen atoms in total. The van der Waals surface area contributed by atoms with Gasteiger partial charge in [0.2, 0.25) is 10.0 Å². The van der Waals surface area contributed by atoms with Gasteiger partial charge in [0.25, 0.3) is 0 Å². The Morgan fingerprint density at radius 1 is 1.04 bits per heavy atom. The summed E-state index contributed by atoms with van der Waals surface area (Å²) in [6.45, 7) is 5.81. The van der Waals surface area contributed by atoms with E-state index in [4.69, 9.17) is 21.1 Å². The molecule has 2 rings (SSSR count). The van der Waals surface area contributed by atoms with Crippen molar-refractivity contribution in [3.8, 4) is 11.5 Å². The first-order chi connectivity index (χ1) is 13.4. The molecular formula is C20H27ClN2O4S. The van der Waals surface area contributed by atoms with Crippen LogP contribution in [-0.2, 0) is 10.0 Å². The normalized spacial score (nSPS) is 12.8. The van der Waals surface area contributed by atoms with E-state index in [0.29, 0.717) is 16.5 Å². The minimum atomic E-state index is -3.74. The summed E-state index contributed by atoms with van der Waals surface area (Å²) in [6.07, 6.45) is 0. The number of hydrogen-bond donors (Lipinski definition) is 1. The van der Waals surface area contributed by atoms with E-state index in [1.54, 1.807) is 6.07 Å². The highest BCUT2D eigenvalue weighted by Crippen LogP contribution is 2.30. The van der Waals surface area contributed by atoms with Gasteiger partial charge in [-0.15, -0.1) is 0 Å². The molecule has 1 atom stereocenters. The lowest BCUT2D eigenvalue weighted by Gasteiger charge is -2.30. The molecule has 0 fully saturated rings. The first-order valence-corrected chi connectivity index (χ1v) is 10.9. The van der Waals surface area contributed by atoms with Crippen LogP contribution in [0.15, 0.2) is 47.4 Å². The number of nitrogens with zero attached hydrogens (tertiary/aromatic N) is 1. The van der Waals surface area contributed by atoms with Crippen LogP contribution in [0.2, 0.25) is 5.02 Å². The molecule has 0 amide bonds. The largest absolute Gasteiger partial charge is 0.493 e. The monoisotopic (exact) mass is 426 g/mol. The van der Waals surface area contributed by atoms with Gasteiger partial charge in [0.15, 0.2) is 11.5 Å². The summed E-state index contributed by atoms with van der Waals surface area (Å²) in [5.74, 6) is 0.829. The quantitative estimate of drug-likeness (QED) is 0.627. The van der Waals surface area contributed by atoms with Crippen LogP contribution in [0.5, 0.6) is 11.5 Å². The van der Waals surface area contributed by atoms with Crippen LogP contribution in [-0.4, -0.2) is 47.2 Å². The molecule has 2 aromatic carbocycles. The van der Waals surface area contributed by atoms with Crippen LogP contribution in [0.25, 0.3) is 0 Å². The van der Waals surface area contributed by atoms with Gasteiger partial charge in [-0.2, -0.15) is 0 Å². The third kappa shape index (κ3) is 5.17. The van der Waals surface area contributed by atoms with Gasteiger partial charge >= 0.3 is 0 Å². The first-order valence-electron chi connectivity index (χ1n) is 9.08. The van der Waals surface area contributed by atoms with E-state index in [0.717, 1.165) is 18.7 Å². The lowest BCUT2D eigenvalue weighted by atomic mass is 10.1. The minimum Gasteiger partial charge on any atom is -0.493 e. The smallest absolute Gasteiger partial charge is 0.240 e. The Morgan fingerprint density at radius 2 is 1.68 bits per heavy atom. The fraction of sp³-hybridized carbons (Fsp3) is 0.400. The summed E-state index contributed by atoms with van der Waals surface area (Å²) in [7, 11) is -0.769. The van der Waals surface area contributed by atoms with Crippen molar-refractivity contribution < 1.29 is 17.9 Å². The fourth-order valence-corrected chi connectivity index (χ4v) is 4.42. The third-order valence-corrected chi connectivity index (χ3v) is 6.41. The lowest BCUT2D eigenvalue weighted by molar-refractivity contribution is 0.220. The summed E-state index contributed by atoms with van der Waals surface area (Å²) >= 11 is 6.38. The molecule has 1 unspecified atom stereocenters. The average Bonchev–Trinajstić information content (AvgIpc) is 2.71. The molecule has 0 heterocycles. The van der Waals surface area contributed by atoms with Crippen molar-refractivity contribution in [1.82, 2.24) is 9.62 Å². The van der Waals surface area contributed by atoms with E-state index in [2.05, 4.69) is 9.62 Å². The Balaban J connectivity index is 2.30. The van der Waals surface area contributed by atoms with Gasteiger partial charge in [-0.1, -0.05) is 43.6 Å². The predicted molar refractivity (Wildman–Crippen MR) is 112 cm³/mol. The molecule has 0 saturated heterocycles. The van der Waals surface area contributed by atoms with Gasteiger partial charge in [0, 0.05) is 23.7 Å². The molecule has 28 heavy (non-hydrogen) atoms.